The molecule has 2 amide bonds. The molecule has 104 valence electrons. The third-order valence-electron chi connectivity index (χ3n) is 3.00. The fourth-order valence-electron chi connectivity index (χ4n) is 1.34. The number of carbonyl (C=O) groups is 2. The molecule has 0 atom stereocenters. The van der Waals surface area contributed by atoms with Crippen molar-refractivity contribution in [2.45, 2.75) is 20.8 Å². The van der Waals surface area contributed by atoms with Crippen molar-refractivity contribution in [2.75, 3.05) is 11.9 Å². The molecule has 0 aromatic heterocycles. The molecule has 5 nitrogen and oxygen atoms in total. The number of anilines is 1. The van der Waals surface area contributed by atoms with E-state index in [1.54, 1.807) is 13.8 Å². The number of rotatable bonds is 4. The Labute approximate surface area is 111 Å². The van der Waals surface area contributed by atoms with Crippen LogP contribution in [-0.2, 0) is 4.79 Å². The van der Waals surface area contributed by atoms with E-state index in [0.29, 0.717) is 0 Å². The van der Waals surface area contributed by atoms with Crippen LogP contribution in [0.3, 0.4) is 0 Å². The van der Waals surface area contributed by atoms with E-state index in [2.05, 4.69) is 5.32 Å². The number of primary amides is 1. The van der Waals surface area contributed by atoms with Crippen LogP contribution in [0, 0.1) is 18.2 Å². The van der Waals surface area contributed by atoms with Gasteiger partial charge in [-0.05, 0) is 32.9 Å². The second-order valence-corrected chi connectivity index (χ2v) is 5.04. The fourth-order valence-corrected chi connectivity index (χ4v) is 1.34. The number of hydrogen-bond donors (Lipinski definition) is 3. The maximum Gasteiger partial charge on any atom is 0.248 e. The van der Waals surface area contributed by atoms with Crippen molar-refractivity contribution in [2.24, 2.45) is 16.9 Å². The number of hydrogen-bond acceptors (Lipinski definition) is 3. The van der Waals surface area contributed by atoms with Crippen molar-refractivity contribution in [1.29, 1.82) is 0 Å². The van der Waals surface area contributed by atoms with Gasteiger partial charge in [0.25, 0.3) is 0 Å². The third kappa shape index (κ3) is 3.29. The number of halogens is 1. The Morgan fingerprint density at radius 2 is 1.95 bits per heavy atom. The minimum atomic E-state index is -0.786. The highest BCUT2D eigenvalue weighted by Crippen LogP contribution is 2.23. The summed E-state index contributed by atoms with van der Waals surface area (Å²) in [7, 11) is 0. The van der Waals surface area contributed by atoms with Crippen LogP contribution in [0.15, 0.2) is 12.1 Å². The van der Waals surface area contributed by atoms with E-state index >= 15 is 0 Å². The van der Waals surface area contributed by atoms with E-state index < -0.39 is 17.1 Å². The molecule has 0 fully saturated rings. The molecule has 0 radical (unpaired) electrons. The zero-order chi connectivity index (χ0) is 14.8. The Kier molecular flexibility index (Phi) is 4.26. The van der Waals surface area contributed by atoms with Crippen LogP contribution in [0.1, 0.15) is 29.8 Å². The molecule has 0 heterocycles. The van der Waals surface area contributed by atoms with Gasteiger partial charge in [0.15, 0.2) is 0 Å². The molecule has 0 aliphatic carbocycles. The van der Waals surface area contributed by atoms with Gasteiger partial charge in [0.2, 0.25) is 11.8 Å². The van der Waals surface area contributed by atoms with Crippen molar-refractivity contribution < 1.29 is 14.0 Å². The van der Waals surface area contributed by atoms with Crippen LogP contribution < -0.4 is 16.8 Å². The van der Waals surface area contributed by atoms with Crippen LogP contribution >= 0.6 is 0 Å². The Hall–Kier alpha value is -1.95. The highest BCUT2D eigenvalue weighted by molar-refractivity contribution is 5.98. The standard InChI is InChI=1S/C13H18FN3O2/c1-7-9(14)4-8(11(16)18)5-10(7)17-12(19)13(2,3)6-15/h4-5H,6,15H2,1-3H3,(H2,16,18)(H,17,19). The van der Waals surface area contributed by atoms with Crippen LogP contribution in [0.5, 0.6) is 0 Å². The Morgan fingerprint density at radius 1 is 1.37 bits per heavy atom. The van der Waals surface area contributed by atoms with Crippen LogP contribution in [0.4, 0.5) is 10.1 Å². The number of amides is 2. The number of nitrogens with one attached hydrogen (secondary N) is 1. The highest BCUT2D eigenvalue weighted by atomic mass is 19.1. The molecule has 5 N–H and O–H groups in total. The first-order valence-electron chi connectivity index (χ1n) is 5.80. The zero-order valence-corrected chi connectivity index (χ0v) is 11.2. The van der Waals surface area contributed by atoms with Crippen molar-refractivity contribution in [3.8, 4) is 0 Å². The maximum absolute atomic E-state index is 13.6. The summed E-state index contributed by atoms with van der Waals surface area (Å²) in [6.07, 6.45) is 0. The molecule has 6 heteroatoms. The second kappa shape index (κ2) is 5.36. The second-order valence-electron chi connectivity index (χ2n) is 5.04. The summed E-state index contributed by atoms with van der Waals surface area (Å²) >= 11 is 0. The molecule has 1 rings (SSSR count). The van der Waals surface area contributed by atoms with Gasteiger partial charge in [0.1, 0.15) is 5.82 Å². The summed E-state index contributed by atoms with van der Waals surface area (Å²) in [6.45, 7) is 5.00. The van der Waals surface area contributed by atoms with Gasteiger partial charge >= 0.3 is 0 Å². The lowest BCUT2D eigenvalue weighted by molar-refractivity contribution is -0.123. The predicted octanol–water partition coefficient (Wildman–Crippen LogP) is 1.16. The summed E-state index contributed by atoms with van der Waals surface area (Å²) in [5.74, 6) is -1.70. The van der Waals surface area contributed by atoms with Crippen molar-refractivity contribution >= 4 is 17.5 Å². The van der Waals surface area contributed by atoms with Gasteiger partial charge in [-0.15, -0.1) is 0 Å². The topological polar surface area (TPSA) is 98.2 Å². The molecular formula is C13H18FN3O2. The molecule has 0 unspecified atom stereocenters. The minimum absolute atomic E-state index is 0.00366. The van der Waals surface area contributed by atoms with Crippen molar-refractivity contribution in [1.82, 2.24) is 0 Å². The van der Waals surface area contributed by atoms with E-state index in [1.807, 2.05) is 0 Å². The smallest absolute Gasteiger partial charge is 0.248 e. The van der Waals surface area contributed by atoms with Crippen molar-refractivity contribution in [3.63, 3.8) is 0 Å². The first-order valence-corrected chi connectivity index (χ1v) is 5.80. The van der Waals surface area contributed by atoms with Gasteiger partial charge in [-0.1, -0.05) is 0 Å². The summed E-state index contributed by atoms with van der Waals surface area (Å²) in [5.41, 5.74) is 10.3. The molecule has 0 spiro atoms. The highest BCUT2D eigenvalue weighted by Gasteiger charge is 2.26. The molecule has 0 saturated heterocycles. The van der Waals surface area contributed by atoms with Crippen LogP contribution in [0.2, 0.25) is 0 Å². The molecule has 0 saturated carbocycles. The number of benzene rings is 1. The number of nitrogens with two attached hydrogens (primary N) is 2. The lowest BCUT2D eigenvalue weighted by atomic mass is 9.92. The normalized spacial score (nSPS) is 11.2. The Balaban J connectivity index is 3.14. The molecule has 1 aromatic rings. The van der Waals surface area contributed by atoms with E-state index in [-0.39, 0.29) is 29.3 Å². The van der Waals surface area contributed by atoms with Crippen LogP contribution in [0.25, 0.3) is 0 Å². The van der Waals surface area contributed by atoms with Gasteiger partial charge < -0.3 is 16.8 Å². The average molecular weight is 267 g/mol. The SMILES string of the molecule is Cc1c(F)cc(C(N)=O)cc1NC(=O)C(C)(C)CN. The van der Waals surface area contributed by atoms with E-state index in [9.17, 15) is 14.0 Å². The van der Waals surface area contributed by atoms with E-state index in [4.69, 9.17) is 11.5 Å². The number of carbonyl (C=O) groups excluding carboxylic acids is 2. The monoisotopic (exact) mass is 267 g/mol. The van der Waals surface area contributed by atoms with Gasteiger partial charge in [-0.3, -0.25) is 9.59 Å². The minimum Gasteiger partial charge on any atom is -0.366 e. The predicted molar refractivity (Wildman–Crippen MR) is 71.1 cm³/mol. The quantitative estimate of drug-likeness (QED) is 0.763. The molecule has 0 aliphatic rings. The lowest BCUT2D eigenvalue weighted by Crippen LogP contribution is -2.37. The summed E-state index contributed by atoms with van der Waals surface area (Å²) < 4.78 is 13.6. The maximum atomic E-state index is 13.6. The Bertz CT molecular complexity index is 527. The van der Waals surface area contributed by atoms with Crippen LogP contribution in [-0.4, -0.2) is 18.4 Å². The lowest BCUT2D eigenvalue weighted by Gasteiger charge is -2.22. The molecular weight excluding hydrogens is 249 g/mol. The van der Waals surface area contributed by atoms with E-state index in [0.717, 1.165) is 6.07 Å². The summed E-state index contributed by atoms with van der Waals surface area (Å²) in [4.78, 5) is 23.1. The fraction of sp³-hybridized carbons (Fsp3) is 0.385. The molecule has 0 bridgehead atoms. The van der Waals surface area contributed by atoms with E-state index in [1.165, 1.54) is 13.0 Å². The van der Waals surface area contributed by atoms with Gasteiger partial charge in [0.05, 0.1) is 5.41 Å². The average Bonchev–Trinajstić information content (AvgIpc) is 2.34. The first-order chi connectivity index (χ1) is 8.69. The largest absolute Gasteiger partial charge is 0.366 e. The van der Waals surface area contributed by atoms with Crippen molar-refractivity contribution in [3.05, 3.63) is 29.1 Å². The summed E-state index contributed by atoms with van der Waals surface area (Å²) in [6, 6.07) is 2.40. The Morgan fingerprint density at radius 3 is 2.42 bits per heavy atom. The zero-order valence-electron chi connectivity index (χ0n) is 11.2. The molecule has 1 aromatic carbocycles. The molecule has 19 heavy (non-hydrogen) atoms. The first kappa shape index (κ1) is 15.1. The summed E-state index contributed by atoms with van der Waals surface area (Å²) in [5, 5.41) is 2.57. The third-order valence-corrected chi connectivity index (χ3v) is 3.00. The van der Waals surface area contributed by atoms with Gasteiger partial charge in [-0.25, -0.2) is 4.39 Å². The molecule has 0 aliphatic heterocycles. The van der Waals surface area contributed by atoms with Gasteiger partial charge in [0, 0.05) is 23.4 Å². The van der Waals surface area contributed by atoms with Gasteiger partial charge in [-0.2, -0.15) is 0 Å².